The van der Waals surface area contributed by atoms with Gasteiger partial charge in [-0.25, -0.2) is 0 Å². The Morgan fingerprint density at radius 2 is 1.75 bits per heavy atom. The summed E-state index contributed by atoms with van der Waals surface area (Å²) in [6.07, 6.45) is 3.41. The van der Waals surface area contributed by atoms with Crippen molar-refractivity contribution >= 4 is 17.3 Å². The van der Waals surface area contributed by atoms with Gasteiger partial charge in [0.05, 0.1) is 0 Å². The lowest BCUT2D eigenvalue weighted by Gasteiger charge is -2.37. The molecule has 0 saturated heterocycles. The van der Waals surface area contributed by atoms with Crippen molar-refractivity contribution in [3.8, 4) is 0 Å². The maximum Gasteiger partial charge on any atom is 0.0440 e. The maximum atomic E-state index is 6.27. The quantitative estimate of drug-likeness (QED) is 0.808. The van der Waals surface area contributed by atoms with Crippen molar-refractivity contribution in [2.75, 3.05) is 5.32 Å². The molecule has 0 aromatic heterocycles. The number of benzene rings is 2. The maximum absolute atomic E-state index is 6.27. The van der Waals surface area contributed by atoms with Crippen LogP contribution in [0.1, 0.15) is 36.8 Å². The minimum absolute atomic E-state index is 0.573. The molecule has 0 amide bonds. The van der Waals surface area contributed by atoms with Gasteiger partial charge in [0.1, 0.15) is 0 Å². The number of para-hydroxylation sites is 1. The summed E-state index contributed by atoms with van der Waals surface area (Å²) in [6.45, 7) is 2.20. The van der Waals surface area contributed by atoms with Crippen molar-refractivity contribution in [1.29, 1.82) is 0 Å². The van der Waals surface area contributed by atoms with E-state index in [0.717, 1.165) is 11.4 Å². The van der Waals surface area contributed by atoms with Gasteiger partial charge in [0.15, 0.2) is 0 Å². The number of aryl methyl sites for hydroxylation is 1. The van der Waals surface area contributed by atoms with Crippen molar-refractivity contribution in [1.82, 2.24) is 0 Å². The van der Waals surface area contributed by atoms with Gasteiger partial charge in [0.2, 0.25) is 0 Å². The molecule has 1 N–H and O–H groups in total. The first-order chi connectivity index (χ1) is 9.78. The van der Waals surface area contributed by atoms with Crippen molar-refractivity contribution in [2.45, 2.75) is 38.1 Å². The third-order valence-electron chi connectivity index (χ3n) is 4.24. The SMILES string of the molecule is CCc1ccccc1NC1CC(c2ccccc2Cl)C1. The Balaban J connectivity index is 1.63. The van der Waals surface area contributed by atoms with E-state index in [1.165, 1.54) is 29.7 Å². The molecule has 1 fully saturated rings. The van der Waals surface area contributed by atoms with E-state index in [0.29, 0.717) is 12.0 Å². The highest BCUT2D eigenvalue weighted by molar-refractivity contribution is 6.31. The van der Waals surface area contributed by atoms with Crippen LogP contribution < -0.4 is 5.32 Å². The number of rotatable bonds is 4. The van der Waals surface area contributed by atoms with Gasteiger partial charge in [0.25, 0.3) is 0 Å². The van der Waals surface area contributed by atoms with E-state index >= 15 is 0 Å². The molecule has 0 spiro atoms. The molecule has 1 aliphatic rings. The normalized spacial score (nSPS) is 21.3. The molecular weight excluding hydrogens is 266 g/mol. The smallest absolute Gasteiger partial charge is 0.0440 e. The summed E-state index contributed by atoms with van der Waals surface area (Å²) >= 11 is 6.27. The van der Waals surface area contributed by atoms with E-state index in [1.807, 2.05) is 12.1 Å². The Hall–Kier alpha value is -1.47. The van der Waals surface area contributed by atoms with E-state index in [4.69, 9.17) is 11.6 Å². The number of hydrogen-bond donors (Lipinski definition) is 1. The highest BCUT2D eigenvalue weighted by atomic mass is 35.5. The molecule has 0 radical (unpaired) electrons. The van der Waals surface area contributed by atoms with E-state index in [-0.39, 0.29) is 0 Å². The van der Waals surface area contributed by atoms with Gasteiger partial charge in [-0.15, -0.1) is 0 Å². The summed E-state index contributed by atoms with van der Waals surface area (Å²) < 4.78 is 0. The Kier molecular flexibility index (Phi) is 3.98. The molecule has 1 saturated carbocycles. The third kappa shape index (κ3) is 2.69. The topological polar surface area (TPSA) is 12.0 Å². The van der Waals surface area contributed by atoms with Crippen LogP contribution in [0.15, 0.2) is 48.5 Å². The molecule has 2 aromatic carbocycles. The standard InChI is InChI=1S/C18H20ClN/c1-2-13-7-3-6-10-18(13)20-15-11-14(12-15)16-8-4-5-9-17(16)19/h3-10,14-15,20H,2,11-12H2,1H3. The molecule has 2 aromatic rings. The van der Waals surface area contributed by atoms with Crippen LogP contribution >= 0.6 is 11.6 Å². The number of nitrogens with one attached hydrogen (secondary N) is 1. The van der Waals surface area contributed by atoms with Gasteiger partial charge in [0, 0.05) is 16.8 Å². The zero-order valence-electron chi connectivity index (χ0n) is 11.8. The zero-order valence-corrected chi connectivity index (χ0v) is 12.5. The monoisotopic (exact) mass is 285 g/mol. The first kappa shape index (κ1) is 13.5. The molecule has 2 heteroatoms. The second-order valence-corrected chi connectivity index (χ2v) is 5.95. The minimum Gasteiger partial charge on any atom is -0.382 e. The summed E-state index contributed by atoms with van der Waals surface area (Å²) in [5.74, 6) is 0.606. The molecule has 0 aliphatic heterocycles. The van der Waals surface area contributed by atoms with Crippen LogP contribution in [0, 0.1) is 0 Å². The summed E-state index contributed by atoms with van der Waals surface area (Å²) in [5, 5.41) is 4.58. The number of anilines is 1. The van der Waals surface area contributed by atoms with Gasteiger partial charge >= 0.3 is 0 Å². The Labute approximate surface area is 126 Å². The molecule has 20 heavy (non-hydrogen) atoms. The van der Waals surface area contributed by atoms with Crippen LogP contribution in [0.4, 0.5) is 5.69 Å². The molecule has 0 unspecified atom stereocenters. The molecule has 0 bridgehead atoms. The predicted octanol–water partition coefficient (Wildman–Crippen LogP) is 5.26. The fraction of sp³-hybridized carbons (Fsp3) is 0.333. The van der Waals surface area contributed by atoms with E-state index in [1.54, 1.807) is 0 Å². The zero-order chi connectivity index (χ0) is 13.9. The van der Waals surface area contributed by atoms with Crippen LogP contribution in [0.25, 0.3) is 0 Å². The largest absolute Gasteiger partial charge is 0.382 e. The van der Waals surface area contributed by atoms with Crippen molar-refractivity contribution in [2.24, 2.45) is 0 Å². The first-order valence-electron chi connectivity index (χ1n) is 7.36. The van der Waals surface area contributed by atoms with Gasteiger partial charge in [-0.2, -0.15) is 0 Å². The Morgan fingerprint density at radius 1 is 1.05 bits per heavy atom. The van der Waals surface area contributed by atoms with E-state index in [2.05, 4.69) is 48.6 Å². The molecule has 104 valence electrons. The first-order valence-corrected chi connectivity index (χ1v) is 7.74. The fourth-order valence-corrected chi connectivity index (χ4v) is 3.28. The summed E-state index contributed by atoms with van der Waals surface area (Å²) in [7, 11) is 0. The van der Waals surface area contributed by atoms with Gasteiger partial charge in [-0.3, -0.25) is 0 Å². The van der Waals surface area contributed by atoms with Crippen molar-refractivity contribution < 1.29 is 0 Å². The summed E-state index contributed by atoms with van der Waals surface area (Å²) in [6, 6.07) is 17.4. The Bertz CT molecular complexity index is 587. The minimum atomic E-state index is 0.573. The molecule has 0 atom stereocenters. The highest BCUT2D eigenvalue weighted by Crippen LogP contribution is 2.41. The van der Waals surface area contributed by atoms with Gasteiger partial charge in [-0.1, -0.05) is 54.9 Å². The van der Waals surface area contributed by atoms with Crippen molar-refractivity contribution in [3.63, 3.8) is 0 Å². The third-order valence-corrected chi connectivity index (χ3v) is 4.59. The van der Waals surface area contributed by atoms with Crippen LogP contribution in [0.2, 0.25) is 5.02 Å². The molecule has 0 heterocycles. The van der Waals surface area contributed by atoms with Crippen molar-refractivity contribution in [3.05, 3.63) is 64.7 Å². The predicted molar refractivity (Wildman–Crippen MR) is 86.7 cm³/mol. The molecule has 1 nitrogen and oxygen atoms in total. The second-order valence-electron chi connectivity index (χ2n) is 5.54. The lowest BCUT2D eigenvalue weighted by atomic mass is 9.75. The van der Waals surface area contributed by atoms with Gasteiger partial charge < -0.3 is 5.32 Å². The van der Waals surface area contributed by atoms with Crippen LogP contribution in [0.3, 0.4) is 0 Å². The summed E-state index contributed by atoms with van der Waals surface area (Å²) in [4.78, 5) is 0. The average molecular weight is 286 g/mol. The Morgan fingerprint density at radius 3 is 2.50 bits per heavy atom. The van der Waals surface area contributed by atoms with E-state index in [9.17, 15) is 0 Å². The summed E-state index contributed by atoms with van der Waals surface area (Å²) in [5.41, 5.74) is 3.99. The highest BCUT2D eigenvalue weighted by Gasteiger charge is 2.31. The average Bonchev–Trinajstić information content (AvgIpc) is 2.44. The number of hydrogen-bond acceptors (Lipinski definition) is 1. The second kappa shape index (κ2) is 5.88. The van der Waals surface area contributed by atoms with Crippen LogP contribution in [-0.2, 0) is 6.42 Å². The van der Waals surface area contributed by atoms with E-state index < -0.39 is 0 Å². The lowest BCUT2D eigenvalue weighted by Crippen LogP contribution is -2.34. The van der Waals surface area contributed by atoms with Gasteiger partial charge in [-0.05, 0) is 48.4 Å². The molecular formula is C18H20ClN. The molecule has 3 rings (SSSR count). The fourth-order valence-electron chi connectivity index (χ4n) is 2.99. The van der Waals surface area contributed by atoms with Crippen LogP contribution in [-0.4, -0.2) is 6.04 Å². The van der Waals surface area contributed by atoms with Crippen LogP contribution in [0.5, 0.6) is 0 Å². The lowest BCUT2D eigenvalue weighted by molar-refractivity contribution is 0.374. The number of halogens is 1. The molecule has 1 aliphatic carbocycles.